The minimum absolute atomic E-state index is 0.0630. The molecule has 0 amide bonds. The Morgan fingerprint density at radius 1 is 0.844 bits per heavy atom. The highest BCUT2D eigenvalue weighted by atomic mass is 28.4. The van der Waals surface area contributed by atoms with E-state index in [2.05, 4.69) is 95.4 Å². The van der Waals surface area contributed by atoms with Crippen LogP contribution in [-0.2, 0) is 22.9 Å². The van der Waals surface area contributed by atoms with Crippen LogP contribution in [0.15, 0.2) is 11.7 Å². The van der Waals surface area contributed by atoms with Gasteiger partial charge in [0, 0.05) is 12.8 Å². The Kier molecular flexibility index (Phi) is 7.76. The second-order valence-electron chi connectivity index (χ2n) is 13.6. The van der Waals surface area contributed by atoms with Crippen LogP contribution in [0.25, 0.3) is 0 Å². The first-order chi connectivity index (χ1) is 14.1. The van der Waals surface area contributed by atoms with Gasteiger partial charge in [-0.05, 0) is 69.9 Å². The lowest BCUT2D eigenvalue weighted by Gasteiger charge is -2.44. The van der Waals surface area contributed by atoms with E-state index < -0.39 is 23.8 Å². The predicted octanol–water partition coefficient (Wildman–Crippen LogP) is 7.05. The minimum atomic E-state index is -2.00. The quantitative estimate of drug-likeness (QED) is 0.391. The molecule has 2 aliphatic rings. The first-order valence-electron chi connectivity index (χ1n) is 12.1. The maximum Gasteiger partial charge on any atom is 0.490 e. The van der Waals surface area contributed by atoms with Crippen molar-refractivity contribution >= 4 is 23.8 Å². The van der Waals surface area contributed by atoms with Crippen LogP contribution >= 0.6 is 0 Å². The minimum Gasteiger partial charge on any atom is -0.471 e. The molecule has 0 aliphatic carbocycles. The van der Waals surface area contributed by atoms with Crippen LogP contribution in [0.5, 0.6) is 0 Å². The van der Waals surface area contributed by atoms with Crippen molar-refractivity contribution in [1.82, 2.24) is 0 Å². The number of rotatable bonds is 5. The zero-order valence-electron chi connectivity index (χ0n) is 23.3. The molecule has 0 aromatic carbocycles. The van der Waals surface area contributed by atoms with Crippen molar-refractivity contribution in [2.24, 2.45) is 0 Å². The fourth-order valence-corrected chi connectivity index (χ4v) is 5.79. The molecule has 0 spiro atoms. The molecule has 32 heavy (non-hydrogen) atoms. The van der Waals surface area contributed by atoms with Crippen molar-refractivity contribution in [3.63, 3.8) is 0 Å². The van der Waals surface area contributed by atoms with Gasteiger partial charge in [0.1, 0.15) is 0 Å². The van der Waals surface area contributed by atoms with Gasteiger partial charge in [-0.1, -0.05) is 41.5 Å². The van der Waals surface area contributed by atoms with Crippen molar-refractivity contribution in [2.45, 2.75) is 142 Å². The lowest BCUT2D eigenvalue weighted by molar-refractivity contribution is -0.107. The van der Waals surface area contributed by atoms with Gasteiger partial charge < -0.3 is 22.9 Å². The second-order valence-corrected chi connectivity index (χ2v) is 23.1. The van der Waals surface area contributed by atoms with E-state index in [4.69, 9.17) is 22.9 Å². The Hall–Kier alpha value is -0.121. The monoisotopic (exact) mass is 484 g/mol. The van der Waals surface area contributed by atoms with Crippen LogP contribution < -0.4 is 0 Å². The summed E-state index contributed by atoms with van der Waals surface area (Å²) in [6.07, 6.45) is 1.22. The van der Waals surface area contributed by atoms with E-state index in [1.54, 1.807) is 0 Å². The summed E-state index contributed by atoms with van der Waals surface area (Å²) in [5, 5.41) is 0.260. The maximum absolute atomic E-state index is 6.82. The summed E-state index contributed by atoms with van der Waals surface area (Å²) in [7, 11) is -4.36. The third-order valence-corrected chi connectivity index (χ3v) is 17.3. The van der Waals surface area contributed by atoms with Crippen molar-refractivity contribution in [2.75, 3.05) is 0 Å². The summed E-state index contributed by atoms with van der Waals surface area (Å²) in [5.74, 6) is 2.84. The highest BCUT2D eigenvalue weighted by Gasteiger charge is 2.51. The molecule has 2 rings (SSSR count). The van der Waals surface area contributed by atoms with E-state index in [0.717, 1.165) is 12.2 Å². The molecule has 2 saturated heterocycles. The Bertz CT molecular complexity index is 650. The average Bonchev–Trinajstić information content (AvgIpc) is 2.70. The molecular formula is C24H49BO5Si2. The van der Waals surface area contributed by atoms with Crippen LogP contribution in [0.3, 0.4) is 0 Å². The molecule has 2 aliphatic heterocycles. The molecule has 186 valence electrons. The van der Waals surface area contributed by atoms with E-state index in [-0.39, 0.29) is 33.7 Å². The summed E-state index contributed by atoms with van der Waals surface area (Å²) in [6.45, 7) is 31.0. The van der Waals surface area contributed by atoms with E-state index in [1.807, 2.05) is 5.98 Å². The highest BCUT2D eigenvalue weighted by Crippen LogP contribution is 2.43. The first-order valence-corrected chi connectivity index (χ1v) is 18.0. The van der Waals surface area contributed by atoms with E-state index in [0.29, 0.717) is 6.42 Å². The number of hydrogen-bond acceptors (Lipinski definition) is 5. The van der Waals surface area contributed by atoms with Crippen LogP contribution in [-0.4, -0.2) is 47.3 Å². The zero-order valence-corrected chi connectivity index (χ0v) is 25.3. The van der Waals surface area contributed by atoms with Crippen molar-refractivity contribution in [1.29, 1.82) is 0 Å². The van der Waals surface area contributed by atoms with Gasteiger partial charge in [0.05, 0.1) is 23.1 Å². The Morgan fingerprint density at radius 3 is 1.72 bits per heavy atom. The van der Waals surface area contributed by atoms with Crippen molar-refractivity contribution < 1.29 is 22.9 Å². The van der Waals surface area contributed by atoms with Crippen LogP contribution in [0.4, 0.5) is 0 Å². The third-order valence-electron chi connectivity index (χ3n) is 8.26. The Balaban J connectivity index is 2.28. The molecule has 0 saturated carbocycles. The van der Waals surface area contributed by atoms with Gasteiger partial charge in [0.15, 0.2) is 22.9 Å². The van der Waals surface area contributed by atoms with Gasteiger partial charge in [-0.3, -0.25) is 0 Å². The van der Waals surface area contributed by atoms with Gasteiger partial charge >= 0.3 is 7.12 Å². The van der Waals surface area contributed by atoms with Crippen molar-refractivity contribution in [3.05, 3.63) is 11.7 Å². The Labute approximate surface area is 200 Å². The molecule has 2 heterocycles. The summed E-state index contributed by atoms with van der Waals surface area (Å²) in [4.78, 5) is 0. The van der Waals surface area contributed by atoms with E-state index in [1.165, 1.54) is 0 Å². The van der Waals surface area contributed by atoms with Gasteiger partial charge in [-0.2, -0.15) is 0 Å². The molecule has 5 nitrogen and oxygen atoms in total. The van der Waals surface area contributed by atoms with Gasteiger partial charge in [-0.15, -0.1) is 0 Å². The fourth-order valence-electron chi connectivity index (χ4n) is 3.26. The summed E-state index contributed by atoms with van der Waals surface area (Å²) >= 11 is 0. The zero-order chi connectivity index (χ0) is 25.0. The van der Waals surface area contributed by atoms with Crippen molar-refractivity contribution in [3.8, 4) is 0 Å². The molecule has 2 fully saturated rings. The molecule has 0 aromatic rings. The highest BCUT2D eigenvalue weighted by molar-refractivity contribution is 6.74. The van der Waals surface area contributed by atoms with Crippen LogP contribution in [0.2, 0.25) is 36.3 Å². The second kappa shape index (κ2) is 8.83. The smallest absolute Gasteiger partial charge is 0.471 e. The lowest BCUT2D eigenvalue weighted by Crippen LogP contribution is -2.49. The lowest BCUT2D eigenvalue weighted by atomic mass is 9.87. The molecule has 0 bridgehead atoms. The largest absolute Gasteiger partial charge is 0.490 e. The molecular weight excluding hydrogens is 435 g/mol. The Morgan fingerprint density at radius 2 is 1.28 bits per heavy atom. The van der Waals surface area contributed by atoms with Gasteiger partial charge in [0.25, 0.3) is 0 Å². The summed E-state index contributed by atoms with van der Waals surface area (Å²) in [5.41, 5.74) is -0.755. The predicted molar refractivity (Wildman–Crippen MR) is 139 cm³/mol. The summed E-state index contributed by atoms with van der Waals surface area (Å²) in [6, 6.07) is 0. The molecule has 2 atom stereocenters. The topological polar surface area (TPSA) is 46.2 Å². The normalized spacial score (nSPS) is 28.2. The van der Waals surface area contributed by atoms with E-state index in [9.17, 15) is 0 Å². The molecule has 0 N–H and O–H groups in total. The fraction of sp³-hybridized carbons (Fsp3) is 0.917. The number of ether oxygens (including phenoxy) is 1. The van der Waals surface area contributed by atoms with Gasteiger partial charge in [0.2, 0.25) is 0 Å². The van der Waals surface area contributed by atoms with Crippen LogP contribution in [0.1, 0.15) is 82.1 Å². The average molecular weight is 485 g/mol. The molecule has 0 radical (unpaired) electrons. The number of hydrogen-bond donors (Lipinski definition) is 0. The molecule has 0 aromatic heterocycles. The maximum atomic E-state index is 6.82. The van der Waals surface area contributed by atoms with Gasteiger partial charge in [-0.25, -0.2) is 0 Å². The summed E-state index contributed by atoms with van der Waals surface area (Å²) < 4.78 is 32.3. The molecule has 8 heteroatoms. The van der Waals surface area contributed by atoms with Crippen LogP contribution in [0, 0.1) is 0 Å². The SMILES string of the molecule is CC1(C)OB(/C=C2/CC(O[Si](C)(C)C(C)(C)C)CC(O[Si](C)(C)C(C)(C)C)O2)OC1(C)C. The third kappa shape index (κ3) is 6.30. The van der Waals surface area contributed by atoms with E-state index >= 15 is 0 Å². The standard InChI is InChI=1S/C24H49BO5Si2/c1-21(2,3)31(11,12)27-18-15-19(17-25-29-23(7,8)24(9,10)30-25)26-20(16-18)28-32(13,14)22(4,5)6/h17-18,20H,15-16H2,1-14H3/b19-17-. The molecule has 2 unspecified atom stereocenters. The first kappa shape index (κ1) is 28.1.